The molecule has 0 spiro atoms. The highest BCUT2D eigenvalue weighted by Crippen LogP contribution is 2.34. The molecule has 5 nitrogen and oxygen atoms in total. The Labute approximate surface area is 168 Å². The summed E-state index contributed by atoms with van der Waals surface area (Å²) >= 11 is 2.08. The smallest absolute Gasteiger partial charge is 0.191 e. The van der Waals surface area contributed by atoms with Crippen molar-refractivity contribution >= 4 is 41.7 Å². The lowest BCUT2D eigenvalue weighted by molar-refractivity contribution is -0.0104. The standard InChI is InChI=1S/C17H32N4OS.HI/c1-2-18-16(20-15-5-3-4-6-15)19-13-17(7-12-23-14-17)21-8-10-22-11-9-21;/h15H,2-14H2,1H3,(H2,18,19,20);1H. The third kappa shape index (κ3) is 5.38. The van der Waals surface area contributed by atoms with E-state index in [0.717, 1.165) is 45.4 Å². The first kappa shape index (κ1) is 20.6. The number of nitrogens with one attached hydrogen (secondary N) is 2. The van der Waals surface area contributed by atoms with Gasteiger partial charge in [0, 0.05) is 31.4 Å². The summed E-state index contributed by atoms with van der Waals surface area (Å²) in [5, 5.41) is 7.09. The van der Waals surface area contributed by atoms with E-state index in [1.165, 1.54) is 43.6 Å². The predicted molar refractivity (Wildman–Crippen MR) is 114 cm³/mol. The summed E-state index contributed by atoms with van der Waals surface area (Å²) in [4.78, 5) is 7.64. The lowest BCUT2D eigenvalue weighted by Crippen LogP contribution is -2.56. The number of ether oxygens (including phenoxy) is 1. The summed E-state index contributed by atoms with van der Waals surface area (Å²) in [5.41, 5.74) is 0.243. The number of halogens is 1. The van der Waals surface area contributed by atoms with Gasteiger partial charge in [0.15, 0.2) is 5.96 Å². The maximum Gasteiger partial charge on any atom is 0.191 e. The molecule has 3 rings (SSSR count). The van der Waals surface area contributed by atoms with Crippen molar-refractivity contribution in [1.29, 1.82) is 0 Å². The van der Waals surface area contributed by atoms with E-state index in [0.29, 0.717) is 6.04 Å². The van der Waals surface area contributed by atoms with Crippen LogP contribution in [0.3, 0.4) is 0 Å². The summed E-state index contributed by atoms with van der Waals surface area (Å²) < 4.78 is 5.55. The van der Waals surface area contributed by atoms with Crippen molar-refractivity contribution < 1.29 is 4.74 Å². The molecule has 0 aromatic rings. The summed E-state index contributed by atoms with van der Waals surface area (Å²) in [6.07, 6.45) is 6.53. The van der Waals surface area contributed by atoms with Gasteiger partial charge >= 0.3 is 0 Å². The number of nitrogens with zero attached hydrogens (tertiary/aromatic N) is 2. The molecule has 0 amide bonds. The van der Waals surface area contributed by atoms with E-state index >= 15 is 0 Å². The molecular weight excluding hydrogens is 435 g/mol. The third-order valence-corrected chi connectivity index (χ3v) is 6.57. The lowest BCUT2D eigenvalue weighted by atomic mass is 9.96. The van der Waals surface area contributed by atoms with Gasteiger partial charge < -0.3 is 15.4 Å². The molecule has 0 radical (unpaired) electrons. The quantitative estimate of drug-likeness (QED) is 0.369. The van der Waals surface area contributed by atoms with Crippen LogP contribution in [0.15, 0.2) is 4.99 Å². The van der Waals surface area contributed by atoms with Crippen LogP contribution in [0.25, 0.3) is 0 Å². The molecule has 0 bridgehead atoms. The Hall–Kier alpha value is 0.270. The molecule has 1 atom stereocenters. The Morgan fingerprint density at radius 1 is 1.29 bits per heavy atom. The highest BCUT2D eigenvalue weighted by molar-refractivity contribution is 14.0. The monoisotopic (exact) mass is 468 g/mol. The number of aliphatic imine (C=N–C) groups is 1. The number of rotatable bonds is 5. The molecule has 2 N–H and O–H groups in total. The largest absolute Gasteiger partial charge is 0.379 e. The lowest BCUT2D eigenvalue weighted by Gasteiger charge is -2.42. The average molecular weight is 468 g/mol. The van der Waals surface area contributed by atoms with Gasteiger partial charge in [-0.15, -0.1) is 24.0 Å². The number of hydrogen-bond acceptors (Lipinski definition) is 4. The van der Waals surface area contributed by atoms with Crippen molar-refractivity contribution in [2.24, 2.45) is 4.99 Å². The molecule has 0 aromatic heterocycles. The SMILES string of the molecule is CCNC(=NCC1(N2CCOCC2)CCSC1)NC1CCCC1.I. The predicted octanol–water partition coefficient (Wildman–Crippen LogP) is 2.31. The molecule has 1 aliphatic carbocycles. The molecule has 2 heterocycles. The van der Waals surface area contributed by atoms with Crippen LogP contribution in [-0.4, -0.2) is 73.3 Å². The normalized spacial score (nSPS) is 29.5. The number of morpholine rings is 1. The van der Waals surface area contributed by atoms with Gasteiger partial charge in [-0.1, -0.05) is 12.8 Å². The van der Waals surface area contributed by atoms with E-state index in [1.807, 2.05) is 0 Å². The minimum atomic E-state index is 0. The van der Waals surface area contributed by atoms with Crippen molar-refractivity contribution in [1.82, 2.24) is 15.5 Å². The topological polar surface area (TPSA) is 48.9 Å². The van der Waals surface area contributed by atoms with Gasteiger partial charge in [-0.2, -0.15) is 11.8 Å². The summed E-state index contributed by atoms with van der Waals surface area (Å²) in [5.74, 6) is 3.49. The summed E-state index contributed by atoms with van der Waals surface area (Å²) in [6.45, 7) is 7.84. The molecule has 24 heavy (non-hydrogen) atoms. The van der Waals surface area contributed by atoms with E-state index in [4.69, 9.17) is 9.73 Å². The molecule has 2 aliphatic heterocycles. The first-order valence-corrected chi connectivity index (χ1v) is 10.4. The number of thioether (sulfide) groups is 1. The molecule has 140 valence electrons. The molecule has 1 saturated carbocycles. The van der Waals surface area contributed by atoms with Crippen LogP contribution in [0.4, 0.5) is 0 Å². The van der Waals surface area contributed by atoms with Gasteiger partial charge in [0.1, 0.15) is 0 Å². The van der Waals surface area contributed by atoms with Gasteiger partial charge in [0.05, 0.1) is 25.3 Å². The van der Waals surface area contributed by atoms with Gasteiger partial charge in [-0.25, -0.2) is 0 Å². The van der Waals surface area contributed by atoms with Gasteiger partial charge in [0.2, 0.25) is 0 Å². The van der Waals surface area contributed by atoms with Crippen LogP contribution in [0.1, 0.15) is 39.0 Å². The Morgan fingerprint density at radius 3 is 2.67 bits per heavy atom. The molecule has 1 unspecified atom stereocenters. The van der Waals surface area contributed by atoms with E-state index < -0.39 is 0 Å². The maximum absolute atomic E-state index is 5.55. The van der Waals surface area contributed by atoms with E-state index in [2.05, 4.69) is 34.2 Å². The zero-order valence-electron chi connectivity index (χ0n) is 14.9. The Bertz CT molecular complexity index is 392. The fourth-order valence-corrected chi connectivity index (χ4v) is 5.38. The van der Waals surface area contributed by atoms with E-state index in [1.54, 1.807) is 0 Å². The van der Waals surface area contributed by atoms with Crippen LogP contribution >= 0.6 is 35.7 Å². The molecule has 3 aliphatic rings. The Morgan fingerprint density at radius 2 is 2.04 bits per heavy atom. The second-order valence-electron chi connectivity index (χ2n) is 6.95. The van der Waals surface area contributed by atoms with Crippen LogP contribution < -0.4 is 10.6 Å². The fraction of sp³-hybridized carbons (Fsp3) is 0.941. The van der Waals surface area contributed by atoms with Crippen molar-refractivity contribution in [3.05, 3.63) is 0 Å². The second kappa shape index (κ2) is 10.4. The van der Waals surface area contributed by atoms with Crippen molar-refractivity contribution in [3.63, 3.8) is 0 Å². The first-order chi connectivity index (χ1) is 11.3. The minimum Gasteiger partial charge on any atom is -0.379 e. The zero-order chi connectivity index (χ0) is 16.0. The van der Waals surface area contributed by atoms with E-state index in [9.17, 15) is 0 Å². The van der Waals surface area contributed by atoms with E-state index in [-0.39, 0.29) is 29.5 Å². The Kier molecular flexibility index (Phi) is 8.94. The molecule has 2 saturated heterocycles. The number of guanidine groups is 1. The van der Waals surface area contributed by atoms with Gasteiger partial charge in [-0.05, 0) is 31.9 Å². The minimum absolute atomic E-state index is 0. The zero-order valence-corrected chi connectivity index (χ0v) is 18.0. The van der Waals surface area contributed by atoms with Crippen LogP contribution in [-0.2, 0) is 4.74 Å². The van der Waals surface area contributed by atoms with Crippen LogP contribution in [0.2, 0.25) is 0 Å². The van der Waals surface area contributed by atoms with Crippen LogP contribution in [0, 0.1) is 0 Å². The van der Waals surface area contributed by atoms with Crippen molar-refractivity contribution in [2.75, 3.05) is 50.9 Å². The second-order valence-corrected chi connectivity index (χ2v) is 8.05. The molecule has 7 heteroatoms. The Balaban J connectivity index is 0.00000208. The first-order valence-electron chi connectivity index (χ1n) is 9.28. The third-order valence-electron chi connectivity index (χ3n) is 5.34. The highest BCUT2D eigenvalue weighted by Gasteiger charge is 2.40. The molecular formula is C17H33IN4OS. The van der Waals surface area contributed by atoms with Crippen molar-refractivity contribution in [2.45, 2.75) is 50.6 Å². The summed E-state index contributed by atoms with van der Waals surface area (Å²) in [7, 11) is 0. The molecule has 0 aromatic carbocycles. The average Bonchev–Trinajstić information content (AvgIpc) is 3.26. The van der Waals surface area contributed by atoms with Gasteiger partial charge in [-0.3, -0.25) is 9.89 Å². The maximum atomic E-state index is 5.55. The fourth-order valence-electron chi connectivity index (χ4n) is 3.92. The number of hydrogen-bond donors (Lipinski definition) is 2. The van der Waals surface area contributed by atoms with Gasteiger partial charge in [0.25, 0.3) is 0 Å². The summed E-state index contributed by atoms with van der Waals surface area (Å²) in [6, 6.07) is 0.616. The highest BCUT2D eigenvalue weighted by atomic mass is 127. The van der Waals surface area contributed by atoms with Crippen molar-refractivity contribution in [3.8, 4) is 0 Å². The van der Waals surface area contributed by atoms with Crippen LogP contribution in [0.5, 0.6) is 0 Å². The molecule has 3 fully saturated rings.